The smallest absolute Gasteiger partial charge is 0.167 e. The molecule has 384 valence electrons. The van der Waals surface area contributed by atoms with Crippen LogP contribution in [0.4, 0.5) is 4.39 Å². The Kier molecular flexibility index (Phi) is 10.6. The van der Waals surface area contributed by atoms with Crippen molar-refractivity contribution < 1.29 is 4.39 Å². The number of benzene rings is 9. The number of aromatic nitrogens is 6. The minimum absolute atomic E-state index is 0.116. The summed E-state index contributed by atoms with van der Waals surface area (Å²) in [5.41, 5.74) is 18.7. The van der Waals surface area contributed by atoms with Gasteiger partial charge in [-0.25, -0.2) is 34.3 Å². The molecule has 6 nitrogen and oxygen atoms in total. The molecule has 4 fully saturated rings. The maximum atomic E-state index is 18.1. The van der Waals surface area contributed by atoms with Crippen LogP contribution in [0.15, 0.2) is 212 Å². The van der Waals surface area contributed by atoms with E-state index in [9.17, 15) is 0 Å². The Labute approximate surface area is 465 Å². The van der Waals surface area contributed by atoms with Gasteiger partial charge in [0.05, 0.1) is 5.56 Å². The summed E-state index contributed by atoms with van der Waals surface area (Å²) in [6.45, 7) is 4.74. The first kappa shape index (κ1) is 47.0. The summed E-state index contributed by atoms with van der Waals surface area (Å²) >= 11 is 0. The summed E-state index contributed by atoms with van der Waals surface area (Å²) in [4.78, 5) is 30.8. The summed E-state index contributed by atoms with van der Waals surface area (Å²) in [5, 5.41) is 0. The molecule has 0 unspecified atom stereocenters. The molecule has 80 heavy (non-hydrogen) atoms. The van der Waals surface area contributed by atoms with Crippen LogP contribution in [0.1, 0.15) is 68.2 Å². The Bertz CT molecular complexity index is 4150. The molecule has 7 heteroatoms. The molecule has 1 spiro atoms. The van der Waals surface area contributed by atoms with Crippen LogP contribution in [0.5, 0.6) is 0 Å². The van der Waals surface area contributed by atoms with E-state index in [4.69, 9.17) is 29.9 Å². The topological polar surface area (TPSA) is 77.3 Å². The lowest BCUT2D eigenvalue weighted by Gasteiger charge is -2.61. The maximum absolute atomic E-state index is 18.1. The summed E-state index contributed by atoms with van der Waals surface area (Å²) in [5.74, 6) is 4.75. The van der Waals surface area contributed by atoms with Crippen molar-refractivity contribution >= 4 is 0 Å². The lowest BCUT2D eigenvalue weighted by molar-refractivity contribution is -0.0399. The molecule has 9 aromatic carbocycles. The summed E-state index contributed by atoms with van der Waals surface area (Å²) in [6.07, 6.45) is 6.42. The molecular formula is C73H55FN6. The van der Waals surface area contributed by atoms with Crippen molar-refractivity contribution in [2.24, 2.45) is 23.7 Å². The summed E-state index contributed by atoms with van der Waals surface area (Å²) < 4.78 is 18.1. The fourth-order valence-corrected chi connectivity index (χ4v) is 15.6. The molecule has 11 aromatic rings. The number of fused-ring (bicyclic) bond motifs is 6. The van der Waals surface area contributed by atoms with E-state index < -0.39 is 5.82 Å². The highest BCUT2D eigenvalue weighted by Crippen LogP contribution is 2.70. The van der Waals surface area contributed by atoms with Gasteiger partial charge >= 0.3 is 0 Å². The van der Waals surface area contributed by atoms with Crippen LogP contribution in [-0.2, 0) is 10.8 Å². The van der Waals surface area contributed by atoms with Gasteiger partial charge in [0.25, 0.3) is 0 Å². The first-order valence-corrected chi connectivity index (χ1v) is 28.4. The van der Waals surface area contributed by atoms with Gasteiger partial charge in [0, 0.05) is 38.6 Å². The molecule has 0 amide bonds. The molecular weight excluding hydrogens is 980 g/mol. The second-order valence-electron chi connectivity index (χ2n) is 23.5. The average molecular weight is 1040 g/mol. The average Bonchev–Trinajstić information content (AvgIpc) is 3.51. The molecule has 0 N–H and O–H groups in total. The first-order chi connectivity index (χ1) is 39.3. The van der Waals surface area contributed by atoms with Crippen LogP contribution >= 0.6 is 0 Å². The molecule has 2 heterocycles. The fourth-order valence-electron chi connectivity index (χ4n) is 15.6. The molecule has 4 bridgehead atoms. The third kappa shape index (κ3) is 7.15. The zero-order chi connectivity index (χ0) is 53.3. The number of hydrogen-bond donors (Lipinski definition) is 0. The second-order valence-corrected chi connectivity index (χ2v) is 23.5. The van der Waals surface area contributed by atoms with Gasteiger partial charge in [-0.05, 0) is 141 Å². The largest absolute Gasteiger partial charge is 0.208 e. The molecule has 6 aliphatic rings. The zero-order valence-corrected chi connectivity index (χ0v) is 44.6. The predicted octanol–water partition coefficient (Wildman–Crippen LogP) is 17.6. The Morgan fingerprint density at radius 2 is 0.738 bits per heavy atom. The Morgan fingerprint density at radius 1 is 0.312 bits per heavy atom. The third-order valence-electron chi connectivity index (χ3n) is 18.9. The SMILES string of the molecule is CC1(C)c2ccccc2-c2c(-c3cccc4c3-c3cc(-c5cc(F)c(-c6nc(-c7ccccc7)nc(-c7ccccc7)n6)cc5-c5nc(-c6ccccc6)nc(-c6ccccc6)n5)ccc3C43C4CC5CC(C4)CC3C5)cccc21. The number of nitrogens with zero attached hydrogens (tertiary/aromatic N) is 6. The van der Waals surface area contributed by atoms with Crippen LogP contribution < -0.4 is 0 Å². The van der Waals surface area contributed by atoms with Crippen molar-refractivity contribution in [3.8, 4) is 113 Å². The Balaban J connectivity index is 0.959. The molecule has 0 saturated heterocycles. The van der Waals surface area contributed by atoms with E-state index >= 15 is 4.39 Å². The molecule has 0 radical (unpaired) electrons. The van der Waals surface area contributed by atoms with E-state index in [0.29, 0.717) is 52.1 Å². The molecule has 2 aromatic heterocycles. The monoisotopic (exact) mass is 1030 g/mol. The van der Waals surface area contributed by atoms with E-state index in [1.54, 1.807) is 6.07 Å². The first-order valence-electron chi connectivity index (χ1n) is 28.4. The van der Waals surface area contributed by atoms with Crippen LogP contribution in [0, 0.1) is 29.5 Å². The van der Waals surface area contributed by atoms with E-state index in [1.165, 1.54) is 87.7 Å². The standard InChI is InChI=1S/C73H55FN6/c1-72(2)59-30-16-15-27-54(59)64-52(28-17-31-61(64)72)53-29-18-32-62-65(53)57-40-49(33-34-60(57)73(62)50-36-43-35-44(38-50)39-51(73)37-43)55-42-63(74)58(71-79-68(47-23-11-5-12-24-47)76-69(80-71)48-25-13-6-14-26-48)41-56(55)70-77-66(45-19-7-3-8-20-45)75-67(78-70)46-21-9-4-10-22-46/h3-34,40-44,50-51H,35-39H2,1-2H3. The maximum Gasteiger partial charge on any atom is 0.167 e. The summed E-state index contributed by atoms with van der Waals surface area (Å²) in [6, 6.07) is 73.4. The lowest BCUT2D eigenvalue weighted by atomic mass is 9.43. The van der Waals surface area contributed by atoms with E-state index in [0.717, 1.165) is 39.7 Å². The normalized spacial score (nSPS) is 20.3. The Hall–Kier alpha value is -9.07. The van der Waals surface area contributed by atoms with Gasteiger partial charge in [-0.1, -0.05) is 208 Å². The van der Waals surface area contributed by atoms with Gasteiger partial charge in [-0.15, -0.1) is 0 Å². The second kappa shape index (κ2) is 18.0. The van der Waals surface area contributed by atoms with E-state index in [1.807, 2.05) is 127 Å². The highest BCUT2D eigenvalue weighted by Gasteiger charge is 2.62. The van der Waals surface area contributed by atoms with Gasteiger partial charge in [0.15, 0.2) is 34.9 Å². The van der Waals surface area contributed by atoms with Crippen molar-refractivity contribution in [3.05, 3.63) is 240 Å². The molecule has 0 atom stereocenters. The fraction of sp³-hybridized carbons (Fsp3) is 0.178. The summed E-state index contributed by atoms with van der Waals surface area (Å²) in [7, 11) is 0. The molecule has 0 aliphatic heterocycles. The van der Waals surface area contributed by atoms with E-state index in [2.05, 4.69) is 92.7 Å². The number of halogens is 1. The van der Waals surface area contributed by atoms with Gasteiger partial charge in [0.2, 0.25) is 0 Å². The highest BCUT2D eigenvalue weighted by atomic mass is 19.1. The van der Waals surface area contributed by atoms with Crippen molar-refractivity contribution in [1.82, 2.24) is 29.9 Å². The number of rotatable bonds is 8. The minimum atomic E-state index is -0.464. The quantitative estimate of drug-likeness (QED) is 0.151. The van der Waals surface area contributed by atoms with Gasteiger partial charge in [0.1, 0.15) is 5.82 Å². The highest BCUT2D eigenvalue weighted by molar-refractivity contribution is 6.01. The van der Waals surface area contributed by atoms with Gasteiger partial charge < -0.3 is 0 Å². The molecule has 6 aliphatic carbocycles. The van der Waals surface area contributed by atoms with Gasteiger partial charge in [-0.3, -0.25) is 0 Å². The van der Waals surface area contributed by atoms with Crippen LogP contribution in [0.2, 0.25) is 0 Å². The lowest BCUT2D eigenvalue weighted by Crippen LogP contribution is -2.55. The van der Waals surface area contributed by atoms with E-state index in [-0.39, 0.29) is 22.2 Å². The van der Waals surface area contributed by atoms with Crippen molar-refractivity contribution in [2.75, 3.05) is 0 Å². The minimum Gasteiger partial charge on any atom is -0.208 e. The van der Waals surface area contributed by atoms with Crippen molar-refractivity contribution in [3.63, 3.8) is 0 Å². The predicted molar refractivity (Wildman–Crippen MR) is 317 cm³/mol. The van der Waals surface area contributed by atoms with Crippen LogP contribution in [-0.4, -0.2) is 29.9 Å². The van der Waals surface area contributed by atoms with Crippen LogP contribution in [0.25, 0.3) is 113 Å². The Morgan fingerprint density at radius 3 is 1.26 bits per heavy atom. The number of hydrogen-bond acceptors (Lipinski definition) is 6. The van der Waals surface area contributed by atoms with Crippen molar-refractivity contribution in [1.29, 1.82) is 0 Å². The van der Waals surface area contributed by atoms with Gasteiger partial charge in [-0.2, -0.15) is 0 Å². The zero-order valence-electron chi connectivity index (χ0n) is 44.6. The molecule has 4 saturated carbocycles. The molecule has 17 rings (SSSR count). The third-order valence-corrected chi connectivity index (χ3v) is 18.9. The van der Waals surface area contributed by atoms with Crippen LogP contribution in [0.3, 0.4) is 0 Å². The van der Waals surface area contributed by atoms with Crippen molar-refractivity contribution in [2.45, 2.75) is 56.8 Å².